The van der Waals surface area contributed by atoms with Crippen LogP contribution in [0.4, 0.5) is 0 Å². The Morgan fingerprint density at radius 2 is 1.03 bits per heavy atom. The van der Waals surface area contributed by atoms with Gasteiger partial charge in [-0.3, -0.25) is 0 Å². The zero-order valence-corrected chi connectivity index (χ0v) is 23.2. The van der Waals surface area contributed by atoms with E-state index in [9.17, 15) is 9.90 Å². The Labute approximate surface area is 211 Å². The second-order valence-electron chi connectivity index (χ2n) is 8.96. The summed E-state index contributed by atoms with van der Waals surface area (Å²) in [5.41, 5.74) is 0. The summed E-state index contributed by atoms with van der Waals surface area (Å²) in [6.07, 6.45) is 23.5. The number of rotatable bonds is 23. The van der Waals surface area contributed by atoms with Crippen LogP contribution >= 0.6 is 0 Å². The summed E-state index contributed by atoms with van der Waals surface area (Å²) in [6.45, 7) is 9.01. The maximum Gasteiger partial charge on any atom is 1.00 e. The molecule has 0 spiro atoms. The van der Waals surface area contributed by atoms with Gasteiger partial charge in [0.05, 0.1) is 0 Å². The zero-order valence-electron chi connectivity index (χ0n) is 21.2. The second-order valence-corrected chi connectivity index (χ2v) is 8.96. The predicted octanol–water partition coefficient (Wildman–Crippen LogP) is 3.88. The monoisotopic (exact) mass is 433 g/mol. The predicted molar refractivity (Wildman–Crippen MR) is 125 cm³/mol. The molecular weight excluding hydrogens is 381 g/mol. The van der Waals surface area contributed by atoms with Crippen LogP contribution in [0, 0.1) is 0 Å². The van der Waals surface area contributed by atoms with Gasteiger partial charge >= 0.3 is 29.6 Å². The fraction of sp³-hybridized carbons (Fsp3) is 0.962. The molecule has 0 aromatic heterocycles. The van der Waals surface area contributed by atoms with Gasteiger partial charge in [-0.05, 0) is 45.2 Å². The Morgan fingerprint density at radius 3 is 1.37 bits per heavy atom. The van der Waals surface area contributed by atoms with Crippen molar-refractivity contribution in [3.8, 4) is 0 Å². The summed E-state index contributed by atoms with van der Waals surface area (Å²) < 4.78 is 0. The van der Waals surface area contributed by atoms with Crippen LogP contribution in [-0.2, 0) is 4.79 Å². The second kappa shape index (κ2) is 25.7. The van der Waals surface area contributed by atoms with Gasteiger partial charge in [0.1, 0.15) is 0 Å². The molecule has 1 atom stereocenters. The van der Waals surface area contributed by atoms with Gasteiger partial charge in [-0.25, -0.2) is 0 Å². The molecule has 0 aliphatic carbocycles. The maximum absolute atomic E-state index is 10.9. The first-order chi connectivity index (χ1) is 14.2. The van der Waals surface area contributed by atoms with E-state index in [1.807, 2.05) is 0 Å². The van der Waals surface area contributed by atoms with Gasteiger partial charge in [0.2, 0.25) is 0 Å². The van der Waals surface area contributed by atoms with Gasteiger partial charge in [0, 0.05) is 12.0 Å². The van der Waals surface area contributed by atoms with E-state index in [1.54, 1.807) is 0 Å². The fourth-order valence-corrected chi connectivity index (χ4v) is 4.30. The molecule has 0 N–H and O–H groups in total. The van der Waals surface area contributed by atoms with Crippen molar-refractivity contribution in [2.45, 2.75) is 149 Å². The van der Waals surface area contributed by atoms with Crippen molar-refractivity contribution in [1.82, 2.24) is 4.90 Å². The molecule has 0 aromatic carbocycles. The number of carbonyl (C=O) groups excluding carboxylic acids is 1. The van der Waals surface area contributed by atoms with Crippen LogP contribution in [0.15, 0.2) is 0 Å². The van der Waals surface area contributed by atoms with E-state index in [0.29, 0.717) is 6.04 Å². The summed E-state index contributed by atoms with van der Waals surface area (Å²) >= 11 is 0. The molecule has 0 aliphatic heterocycles. The van der Waals surface area contributed by atoms with E-state index >= 15 is 0 Å². The number of hydrogen-bond donors (Lipinski definition) is 0. The third-order valence-electron chi connectivity index (χ3n) is 6.27. The van der Waals surface area contributed by atoms with E-state index in [-0.39, 0.29) is 36.0 Å². The summed E-state index contributed by atoms with van der Waals surface area (Å²) in [5, 5.41) is 10.9. The van der Waals surface area contributed by atoms with Crippen LogP contribution in [0.5, 0.6) is 0 Å². The minimum absolute atomic E-state index is 0. The largest absolute Gasteiger partial charge is 1.00 e. The molecule has 0 heterocycles. The summed E-state index contributed by atoms with van der Waals surface area (Å²) in [6, 6.07) is 0.405. The number of nitrogens with zero attached hydrogens (tertiary/aromatic N) is 1. The number of carboxylic acid groups (broad SMARTS) is 1. The summed E-state index contributed by atoms with van der Waals surface area (Å²) in [7, 11) is 0. The minimum atomic E-state index is -0.900. The van der Waals surface area contributed by atoms with Gasteiger partial charge in [0.15, 0.2) is 0 Å². The molecule has 0 saturated carbocycles. The smallest absolute Gasteiger partial charge is 0.550 e. The molecule has 1 unspecified atom stereocenters. The van der Waals surface area contributed by atoms with Crippen LogP contribution in [-0.4, -0.2) is 30.0 Å². The van der Waals surface area contributed by atoms with E-state index in [0.717, 1.165) is 25.9 Å². The summed E-state index contributed by atoms with van der Waals surface area (Å²) in [4.78, 5) is 13.5. The molecule has 0 fully saturated rings. The topological polar surface area (TPSA) is 43.4 Å². The molecule has 3 nitrogen and oxygen atoms in total. The molecule has 0 aromatic rings. The van der Waals surface area contributed by atoms with Crippen LogP contribution in [0.3, 0.4) is 0 Å². The van der Waals surface area contributed by atoms with E-state index in [1.165, 1.54) is 103 Å². The minimum Gasteiger partial charge on any atom is -0.550 e. The van der Waals surface area contributed by atoms with E-state index in [4.69, 9.17) is 0 Å². The first kappa shape index (κ1) is 32.6. The average molecular weight is 434 g/mol. The number of carbonyl (C=O) groups is 1. The molecule has 0 aliphatic rings. The van der Waals surface area contributed by atoms with Crippen molar-refractivity contribution >= 4 is 5.97 Å². The molecule has 174 valence electrons. The van der Waals surface area contributed by atoms with Crippen molar-refractivity contribution in [2.75, 3.05) is 13.1 Å². The number of aliphatic carboxylic acids is 1. The van der Waals surface area contributed by atoms with Crippen LogP contribution in [0.2, 0.25) is 0 Å². The van der Waals surface area contributed by atoms with Crippen molar-refractivity contribution in [3.63, 3.8) is 0 Å². The molecule has 30 heavy (non-hydrogen) atoms. The molecule has 0 radical (unpaired) electrons. The van der Waals surface area contributed by atoms with Crippen LogP contribution in [0.25, 0.3) is 0 Å². The van der Waals surface area contributed by atoms with Gasteiger partial charge in [-0.2, -0.15) is 0 Å². The third-order valence-corrected chi connectivity index (χ3v) is 6.27. The number of unbranched alkanes of at least 4 members (excludes halogenated alkanes) is 14. The fourth-order valence-electron chi connectivity index (χ4n) is 4.30. The normalized spacial score (nSPS) is 12.1. The molecule has 4 heteroatoms. The van der Waals surface area contributed by atoms with Gasteiger partial charge in [0.25, 0.3) is 0 Å². The number of carboxylic acids is 1. The summed E-state index contributed by atoms with van der Waals surface area (Å²) in [5.74, 6) is -0.900. The molecule has 0 bridgehead atoms. The molecule has 0 rings (SSSR count). The standard InChI is InChI=1S/C26H53NO2.Na/c1-4-7-9-11-13-15-17-19-23-27(25(6-3)21-22-26(28)29)24-20-18-16-14-12-10-8-5-2;/h25H,4-24H2,1-3H3,(H,28,29);/q;+1/p-1. The Bertz CT molecular complexity index is 332. The van der Waals surface area contributed by atoms with Crippen LogP contribution in [0.1, 0.15) is 143 Å². The Balaban J connectivity index is 0. The molecule has 0 amide bonds. The van der Waals surface area contributed by atoms with Crippen molar-refractivity contribution in [3.05, 3.63) is 0 Å². The zero-order chi connectivity index (χ0) is 21.6. The molecular formula is C26H52NNaO2. The average Bonchev–Trinajstić information content (AvgIpc) is 2.71. The van der Waals surface area contributed by atoms with Crippen molar-refractivity contribution < 1.29 is 39.5 Å². The van der Waals surface area contributed by atoms with Gasteiger partial charge < -0.3 is 14.8 Å². The van der Waals surface area contributed by atoms with E-state index in [2.05, 4.69) is 25.7 Å². The van der Waals surface area contributed by atoms with Gasteiger partial charge in [-0.1, -0.05) is 111 Å². The first-order valence-corrected chi connectivity index (χ1v) is 13.1. The van der Waals surface area contributed by atoms with Crippen molar-refractivity contribution in [1.29, 1.82) is 0 Å². The Hall–Kier alpha value is 0.430. The van der Waals surface area contributed by atoms with Gasteiger partial charge in [-0.15, -0.1) is 0 Å². The maximum atomic E-state index is 10.9. The Kier molecular flexibility index (Phi) is 27.9. The quantitative estimate of drug-likeness (QED) is 0.181. The first-order valence-electron chi connectivity index (χ1n) is 13.1. The van der Waals surface area contributed by atoms with Crippen LogP contribution < -0.4 is 34.7 Å². The van der Waals surface area contributed by atoms with Crippen molar-refractivity contribution in [2.24, 2.45) is 0 Å². The van der Waals surface area contributed by atoms with E-state index < -0.39 is 5.97 Å². The molecule has 0 saturated heterocycles. The number of hydrogen-bond acceptors (Lipinski definition) is 3. The third kappa shape index (κ3) is 21.7. The Morgan fingerprint density at radius 1 is 0.667 bits per heavy atom. The SMILES string of the molecule is CCCCCCCCCCN(CCCCCCCCCC)C(CC)CCC(=O)[O-].[Na+].